The molecule has 0 aliphatic heterocycles. The molecule has 1 unspecified atom stereocenters. The van der Waals surface area contributed by atoms with Gasteiger partial charge in [0, 0.05) is 11.3 Å². The van der Waals surface area contributed by atoms with E-state index in [9.17, 15) is 22.0 Å². The number of aryl methyl sites for hydroxylation is 1. The van der Waals surface area contributed by atoms with Gasteiger partial charge in [-0.15, -0.1) is 0 Å². The van der Waals surface area contributed by atoms with E-state index in [0.717, 1.165) is 29.8 Å². The number of benzene rings is 3. The van der Waals surface area contributed by atoms with E-state index in [0.29, 0.717) is 12.0 Å². The summed E-state index contributed by atoms with van der Waals surface area (Å²) in [7, 11) is -4.10. The summed E-state index contributed by atoms with van der Waals surface area (Å²) < 4.78 is 55.7. The molecule has 3 aromatic carbocycles. The van der Waals surface area contributed by atoms with Gasteiger partial charge in [0.25, 0.3) is 15.9 Å². The first-order valence-electron chi connectivity index (χ1n) is 10.7. The number of hydrogen-bond acceptors (Lipinski definition) is 4. The molecule has 0 fully saturated rings. The van der Waals surface area contributed by atoms with Gasteiger partial charge in [-0.25, -0.2) is 17.2 Å². The first kappa shape index (κ1) is 24.8. The van der Waals surface area contributed by atoms with Crippen molar-refractivity contribution >= 4 is 44.5 Å². The Morgan fingerprint density at radius 1 is 1.06 bits per heavy atom. The lowest BCUT2D eigenvalue weighted by atomic mass is 10.0. The van der Waals surface area contributed by atoms with E-state index in [-0.39, 0.29) is 32.4 Å². The summed E-state index contributed by atoms with van der Waals surface area (Å²) in [6, 6.07) is 11.5. The van der Waals surface area contributed by atoms with E-state index < -0.39 is 33.1 Å². The molecule has 1 amide bonds. The Morgan fingerprint density at radius 2 is 1.74 bits per heavy atom. The van der Waals surface area contributed by atoms with Crippen LogP contribution in [0.3, 0.4) is 0 Å². The Bertz CT molecular complexity index is 1490. The van der Waals surface area contributed by atoms with Crippen molar-refractivity contribution in [3.8, 4) is 0 Å². The van der Waals surface area contributed by atoms with Gasteiger partial charge in [0.05, 0.1) is 26.7 Å². The third kappa shape index (κ3) is 5.07. The third-order valence-electron chi connectivity index (χ3n) is 5.82. The highest BCUT2D eigenvalue weighted by molar-refractivity contribution is 7.92. The van der Waals surface area contributed by atoms with Crippen molar-refractivity contribution in [2.24, 2.45) is 5.73 Å². The smallest absolute Gasteiger partial charge is 0.262 e. The Balaban J connectivity index is 1.70. The van der Waals surface area contributed by atoms with Gasteiger partial charge in [-0.3, -0.25) is 9.52 Å². The Hall–Kier alpha value is -3.27. The molecule has 1 atom stereocenters. The minimum atomic E-state index is -4.10. The van der Waals surface area contributed by atoms with E-state index in [2.05, 4.69) is 10.0 Å². The van der Waals surface area contributed by atoms with Crippen LogP contribution in [-0.4, -0.2) is 19.9 Å². The molecule has 4 rings (SSSR count). The summed E-state index contributed by atoms with van der Waals surface area (Å²) in [5.41, 5.74) is 7.71. The number of amides is 1. The van der Waals surface area contributed by atoms with Crippen molar-refractivity contribution in [1.82, 2.24) is 0 Å². The summed E-state index contributed by atoms with van der Waals surface area (Å²) in [5.74, 6) is -1.73. The number of hydrogen-bond donors (Lipinski definition) is 3. The van der Waals surface area contributed by atoms with Gasteiger partial charge in [0.2, 0.25) is 0 Å². The summed E-state index contributed by atoms with van der Waals surface area (Å²) >= 11 is 5.98. The molecule has 10 heteroatoms. The number of rotatable bonds is 7. The molecule has 182 valence electrons. The zero-order valence-electron chi connectivity index (χ0n) is 18.8. The Labute approximate surface area is 206 Å². The maximum absolute atomic E-state index is 13.5. The lowest BCUT2D eigenvalue weighted by Gasteiger charge is -2.17. The summed E-state index contributed by atoms with van der Waals surface area (Å²) in [5, 5.41) is 2.58. The van der Waals surface area contributed by atoms with Gasteiger partial charge in [0.1, 0.15) is 11.6 Å². The van der Waals surface area contributed by atoms with Crippen LogP contribution in [0.5, 0.6) is 0 Å². The largest absolute Gasteiger partial charge is 0.322 e. The number of sulfonamides is 1. The maximum atomic E-state index is 13.5. The molecule has 0 heterocycles. The molecule has 0 bridgehead atoms. The zero-order valence-corrected chi connectivity index (χ0v) is 20.4. The molecule has 0 aromatic heterocycles. The number of carbonyl (C=O) groups is 1. The predicted octanol–water partition coefficient (Wildman–Crippen LogP) is 5.48. The molecular weight excluding hydrogens is 496 g/mol. The molecule has 0 saturated carbocycles. The van der Waals surface area contributed by atoms with Crippen molar-refractivity contribution in [2.75, 3.05) is 10.0 Å². The number of nitrogens with two attached hydrogens (primary N) is 1. The van der Waals surface area contributed by atoms with Crippen LogP contribution in [0.4, 0.5) is 20.2 Å². The summed E-state index contributed by atoms with van der Waals surface area (Å²) in [6.07, 6.45) is 2.45. The van der Waals surface area contributed by atoms with E-state index in [1.165, 1.54) is 25.1 Å². The van der Waals surface area contributed by atoms with Crippen molar-refractivity contribution in [2.45, 2.75) is 30.7 Å². The minimum absolute atomic E-state index is 0.0538. The predicted molar refractivity (Wildman–Crippen MR) is 133 cm³/mol. The average molecular weight is 518 g/mol. The number of carbonyl (C=O) groups excluding carboxylic acids is 1. The second-order valence-corrected chi connectivity index (χ2v) is 10.4. The Kier molecular flexibility index (Phi) is 6.44. The van der Waals surface area contributed by atoms with Gasteiger partial charge in [-0.2, -0.15) is 0 Å². The van der Waals surface area contributed by atoms with Gasteiger partial charge in [-0.05, 0) is 73.0 Å². The zero-order chi connectivity index (χ0) is 25.5. The fourth-order valence-corrected chi connectivity index (χ4v) is 5.32. The van der Waals surface area contributed by atoms with Crippen molar-refractivity contribution in [3.05, 3.63) is 94.0 Å². The molecule has 0 radical (unpaired) electrons. The minimum Gasteiger partial charge on any atom is -0.322 e. The second kappa shape index (κ2) is 9.07. The standard InChI is InChI=1S/C25H22ClF2N3O3S/c1-3-25(29)13-20(25)18-8-6-17(30-24(32)19-7-4-16(28)11-21(19)26)12-22(18)31-35(33,34)23-9-5-15(27)10-14(23)2/h4-13,31H,3,29H2,1-2H3,(H,30,32). The lowest BCUT2D eigenvalue weighted by Crippen LogP contribution is -2.25. The molecule has 0 spiro atoms. The highest BCUT2D eigenvalue weighted by Crippen LogP contribution is 2.46. The van der Waals surface area contributed by atoms with Crippen LogP contribution < -0.4 is 15.8 Å². The monoisotopic (exact) mass is 517 g/mol. The maximum Gasteiger partial charge on any atom is 0.262 e. The quantitative estimate of drug-likeness (QED) is 0.386. The number of halogens is 3. The van der Waals surface area contributed by atoms with Gasteiger partial charge < -0.3 is 11.1 Å². The highest BCUT2D eigenvalue weighted by Gasteiger charge is 2.40. The van der Waals surface area contributed by atoms with Gasteiger partial charge in [0.15, 0.2) is 0 Å². The molecule has 35 heavy (non-hydrogen) atoms. The highest BCUT2D eigenvalue weighted by atomic mass is 35.5. The number of nitrogens with one attached hydrogen (secondary N) is 2. The molecular formula is C25H22ClF2N3O3S. The molecule has 6 nitrogen and oxygen atoms in total. The van der Waals surface area contributed by atoms with Crippen LogP contribution >= 0.6 is 11.6 Å². The molecule has 3 aromatic rings. The van der Waals surface area contributed by atoms with Crippen LogP contribution in [0.25, 0.3) is 5.57 Å². The van der Waals surface area contributed by atoms with Crippen LogP contribution in [0.1, 0.15) is 34.8 Å². The van der Waals surface area contributed by atoms with Crippen molar-refractivity contribution in [1.29, 1.82) is 0 Å². The van der Waals surface area contributed by atoms with Crippen LogP contribution in [0.2, 0.25) is 5.02 Å². The number of anilines is 2. The van der Waals surface area contributed by atoms with E-state index in [4.69, 9.17) is 17.3 Å². The first-order valence-corrected chi connectivity index (χ1v) is 12.5. The van der Waals surface area contributed by atoms with Crippen LogP contribution in [-0.2, 0) is 10.0 Å². The molecule has 4 N–H and O–H groups in total. The van der Waals surface area contributed by atoms with E-state index in [1.807, 2.05) is 13.0 Å². The third-order valence-corrected chi connectivity index (χ3v) is 7.66. The first-order chi connectivity index (χ1) is 16.4. The van der Waals surface area contributed by atoms with E-state index in [1.54, 1.807) is 12.1 Å². The summed E-state index contributed by atoms with van der Waals surface area (Å²) in [4.78, 5) is 12.6. The Morgan fingerprint density at radius 3 is 2.37 bits per heavy atom. The van der Waals surface area contributed by atoms with Gasteiger partial charge in [-0.1, -0.05) is 30.7 Å². The van der Waals surface area contributed by atoms with Gasteiger partial charge >= 0.3 is 0 Å². The molecule has 0 saturated heterocycles. The van der Waals surface area contributed by atoms with Crippen LogP contribution in [0.15, 0.2) is 65.6 Å². The molecule has 1 aliphatic carbocycles. The second-order valence-electron chi connectivity index (χ2n) is 8.31. The fourth-order valence-electron chi connectivity index (χ4n) is 3.77. The SMILES string of the molecule is CCC1(N)C=C1c1ccc(NC(=O)c2ccc(F)cc2Cl)cc1NS(=O)(=O)c1ccc(F)cc1C. The normalized spacial score (nSPS) is 17.0. The summed E-state index contributed by atoms with van der Waals surface area (Å²) in [6.45, 7) is 3.41. The fraction of sp³-hybridized carbons (Fsp3) is 0.160. The lowest BCUT2D eigenvalue weighted by molar-refractivity contribution is 0.102. The average Bonchev–Trinajstić information content (AvgIpc) is 3.45. The van der Waals surface area contributed by atoms with Crippen molar-refractivity contribution in [3.63, 3.8) is 0 Å². The molecule has 1 aliphatic rings. The topological polar surface area (TPSA) is 101 Å². The van der Waals surface area contributed by atoms with Crippen LogP contribution in [0, 0.1) is 18.6 Å². The van der Waals surface area contributed by atoms with E-state index >= 15 is 0 Å². The van der Waals surface area contributed by atoms with Crippen molar-refractivity contribution < 1.29 is 22.0 Å².